The number of anilines is 2. The Hall–Kier alpha value is -3.17. The molecular weight excluding hydrogens is 436 g/mol. The fraction of sp³-hybridized carbons (Fsp3) is 0.227. The van der Waals surface area contributed by atoms with Gasteiger partial charge in [-0.3, -0.25) is 9.59 Å². The van der Waals surface area contributed by atoms with Crippen LogP contribution in [0.1, 0.15) is 29.3 Å². The zero-order valence-corrected chi connectivity index (χ0v) is 18.5. The molecule has 0 saturated heterocycles. The number of fused-ring (bicyclic) bond motifs is 1. The van der Waals surface area contributed by atoms with E-state index in [1.54, 1.807) is 13.0 Å². The van der Waals surface area contributed by atoms with E-state index in [2.05, 4.69) is 10.6 Å². The molecule has 1 aromatic carbocycles. The van der Waals surface area contributed by atoms with Gasteiger partial charge in [-0.05, 0) is 43.0 Å². The van der Waals surface area contributed by atoms with E-state index in [1.807, 2.05) is 41.9 Å². The molecular formula is C22H20N2O5S2. The number of aryl methyl sites for hydroxylation is 1. The molecule has 0 radical (unpaired) electrons. The minimum atomic E-state index is -0.960. The Balaban J connectivity index is 1.52. The maximum absolute atomic E-state index is 12.7. The summed E-state index contributed by atoms with van der Waals surface area (Å²) in [6.07, 6.45) is -1.15. The van der Waals surface area contributed by atoms with Crippen LogP contribution in [0.15, 0.2) is 41.1 Å². The fourth-order valence-corrected chi connectivity index (χ4v) is 5.00. The molecule has 160 valence electrons. The van der Waals surface area contributed by atoms with E-state index in [0.29, 0.717) is 27.6 Å². The highest BCUT2D eigenvalue weighted by Gasteiger charge is 2.31. The molecule has 0 spiro atoms. The summed E-state index contributed by atoms with van der Waals surface area (Å²) in [7, 11) is 0. The summed E-state index contributed by atoms with van der Waals surface area (Å²) < 4.78 is 10.9. The van der Waals surface area contributed by atoms with Crippen molar-refractivity contribution >= 4 is 51.1 Å². The Morgan fingerprint density at radius 2 is 2.10 bits per heavy atom. The largest absolute Gasteiger partial charge is 0.478 e. The topological polar surface area (TPSA) is 93.7 Å². The smallest absolute Gasteiger partial charge is 0.341 e. The molecule has 31 heavy (non-hydrogen) atoms. The van der Waals surface area contributed by atoms with Gasteiger partial charge in [0.05, 0.1) is 18.7 Å². The second kappa shape index (κ2) is 8.91. The average Bonchev–Trinajstić information content (AvgIpc) is 3.38. The van der Waals surface area contributed by atoms with Crippen LogP contribution in [0.4, 0.5) is 10.7 Å². The molecule has 1 aliphatic heterocycles. The van der Waals surface area contributed by atoms with Crippen molar-refractivity contribution in [3.05, 3.63) is 52.2 Å². The molecule has 0 fully saturated rings. The highest BCUT2D eigenvalue weighted by atomic mass is 32.1. The second-order valence-corrected chi connectivity index (χ2v) is 8.73. The highest BCUT2D eigenvalue weighted by molar-refractivity contribution is 7.17. The van der Waals surface area contributed by atoms with Gasteiger partial charge in [0.1, 0.15) is 16.3 Å². The molecule has 2 N–H and O–H groups in total. The van der Waals surface area contributed by atoms with E-state index in [0.717, 1.165) is 10.4 Å². The minimum Gasteiger partial charge on any atom is -0.478 e. The van der Waals surface area contributed by atoms with Crippen LogP contribution < -0.4 is 15.4 Å². The summed E-state index contributed by atoms with van der Waals surface area (Å²) in [4.78, 5) is 38.6. The number of hydrogen-bond donors (Lipinski definition) is 2. The van der Waals surface area contributed by atoms with E-state index in [4.69, 9.17) is 9.47 Å². The van der Waals surface area contributed by atoms with Gasteiger partial charge in [-0.1, -0.05) is 12.1 Å². The van der Waals surface area contributed by atoms with Gasteiger partial charge in [-0.25, -0.2) is 4.79 Å². The molecule has 0 bridgehead atoms. The first-order chi connectivity index (χ1) is 15.0. The number of thiophene rings is 2. The summed E-state index contributed by atoms with van der Waals surface area (Å²) in [5.41, 5.74) is 2.61. The molecule has 3 heterocycles. The van der Waals surface area contributed by atoms with Gasteiger partial charge in [-0.15, -0.1) is 22.7 Å². The van der Waals surface area contributed by atoms with Gasteiger partial charge in [-0.2, -0.15) is 0 Å². The van der Waals surface area contributed by atoms with Crippen molar-refractivity contribution in [3.8, 4) is 16.2 Å². The van der Waals surface area contributed by atoms with Crippen molar-refractivity contribution in [3.63, 3.8) is 0 Å². The van der Waals surface area contributed by atoms with Crippen molar-refractivity contribution in [2.75, 3.05) is 17.2 Å². The zero-order chi connectivity index (χ0) is 22.0. The van der Waals surface area contributed by atoms with Crippen LogP contribution in [0.5, 0.6) is 5.75 Å². The lowest BCUT2D eigenvalue weighted by Gasteiger charge is -2.25. The monoisotopic (exact) mass is 456 g/mol. The predicted molar refractivity (Wildman–Crippen MR) is 121 cm³/mol. The molecule has 2 aromatic heterocycles. The van der Waals surface area contributed by atoms with Crippen molar-refractivity contribution in [1.29, 1.82) is 0 Å². The number of benzene rings is 1. The number of esters is 1. The second-order valence-electron chi connectivity index (χ2n) is 6.90. The normalized spacial score (nSPS) is 14.9. The number of amides is 2. The van der Waals surface area contributed by atoms with E-state index in [-0.39, 0.29) is 18.9 Å². The molecule has 3 aromatic rings. The molecule has 2 amide bonds. The number of carbonyl (C=O) groups is 3. The fourth-order valence-electron chi connectivity index (χ4n) is 3.21. The summed E-state index contributed by atoms with van der Waals surface area (Å²) in [5.74, 6) is -0.796. The quantitative estimate of drug-likeness (QED) is 0.525. The third kappa shape index (κ3) is 4.47. The Bertz CT molecular complexity index is 1140. The number of nitrogens with one attached hydrogen (secondary N) is 2. The van der Waals surface area contributed by atoms with Gasteiger partial charge >= 0.3 is 5.97 Å². The van der Waals surface area contributed by atoms with E-state index >= 15 is 0 Å². The third-order valence-electron chi connectivity index (χ3n) is 4.64. The first-order valence-corrected chi connectivity index (χ1v) is 11.4. The van der Waals surface area contributed by atoms with Crippen LogP contribution in [0.3, 0.4) is 0 Å². The predicted octanol–water partition coefficient (Wildman–Crippen LogP) is 4.69. The van der Waals surface area contributed by atoms with Crippen molar-refractivity contribution < 1.29 is 23.9 Å². The van der Waals surface area contributed by atoms with Crippen molar-refractivity contribution in [1.82, 2.24) is 0 Å². The highest BCUT2D eigenvalue weighted by Crippen LogP contribution is 2.38. The molecule has 4 rings (SSSR count). The molecule has 1 unspecified atom stereocenters. The van der Waals surface area contributed by atoms with Crippen LogP contribution in [-0.4, -0.2) is 30.5 Å². The summed E-state index contributed by atoms with van der Waals surface area (Å²) in [6.45, 7) is 3.87. The summed E-state index contributed by atoms with van der Waals surface area (Å²) >= 11 is 2.74. The SMILES string of the molecule is CCOC(=O)c1c(-c2cccs2)csc1NC(=O)CC1Oc2ccc(C)cc2NC1=O. The molecule has 1 aliphatic rings. The lowest BCUT2D eigenvalue weighted by atomic mass is 10.1. The third-order valence-corrected chi connectivity index (χ3v) is 6.43. The van der Waals surface area contributed by atoms with Crippen molar-refractivity contribution in [2.24, 2.45) is 0 Å². The lowest BCUT2D eigenvalue weighted by molar-refractivity contribution is -0.128. The molecule has 9 heteroatoms. The van der Waals surface area contributed by atoms with Gasteiger partial charge < -0.3 is 20.1 Å². The van der Waals surface area contributed by atoms with Gasteiger partial charge in [0.25, 0.3) is 5.91 Å². The van der Waals surface area contributed by atoms with E-state index < -0.39 is 18.0 Å². The van der Waals surface area contributed by atoms with Gasteiger partial charge in [0, 0.05) is 15.8 Å². The minimum absolute atomic E-state index is 0.187. The first-order valence-electron chi connectivity index (χ1n) is 9.66. The van der Waals surface area contributed by atoms with Crippen LogP contribution in [-0.2, 0) is 14.3 Å². The van der Waals surface area contributed by atoms with Gasteiger partial charge in [0.2, 0.25) is 5.91 Å². The summed E-state index contributed by atoms with van der Waals surface area (Å²) in [6, 6.07) is 9.24. The molecule has 0 aliphatic carbocycles. The van der Waals surface area contributed by atoms with Crippen LogP contribution in [0.25, 0.3) is 10.4 Å². The molecule has 0 saturated carbocycles. The number of rotatable bonds is 6. The van der Waals surface area contributed by atoms with E-state index in [9.17, 15) is 14.4 Å². The molecule has 1 atom stereocenters. The summed E-state index contributed by atoms with van der Waals surface area (Å²) in [5, 5.41) is 9.65. The first kappa shape index (κ1) is 21.1. The van der Waals surface area contributed by atoms with Crippen LogP contribution >= 0.6 is 22.7 Å². The Morgan fingerprint density at radius 1 is 1.26 bits per heavy atom. The maximum Gasteiger partial charge on any atom is 0.341 e. The number of carbonyl (C=O) groups excluding carboxylic acids is 3. The lowest BCUT2D eigenvalue weighted by Crippen LogP contribution is -2.39. The standard InChI is InChI=1S/C22H20N2O5S2/c1-3-28-22(27)19-13(17-5-4-8-30-17)11-31-21(19)24-18(25)10-16-20(26)23-14-9-12(2)6-7-15(14)29-16/h4-9,11,16H,3,10H2,1-2H3,(H,23,26)(H,24,25). The Kier molecular flexibility index (Phi) is 6.06. The average molecular weight is 457 g/mol. The van der Waals surface area contributed by atoms with E-state index in [1.165, 1.54) is 22.7 Å². The van der Waals surface area contributed by atoms with Crippen molar-refractivity contribution in [2.45, 2.75) is 26.4 Å². The van der Waals surface area contributed by atoms with Gasteiger partial charge in [0.15, 0.2) is 6.10 Å². The van der Waals surface area contributed by atoms with Crippen LogP contribution in [0.2, 0.25) is 0 Å². The number of hydrogen-bond acceptors (Lipinski definition) is 7. The Labute approximate surface area is 187 Å². The van der Waals surface area contributed by atoms with Crippen LogP contribution in [0, 0.1) is 6.92 Å². The Morgan fingerprint density at radius 3 is 2.84 bits per heavy atom. The molecule has 7 nitrogen and oxygen atoms in total. The zero-order valence-electron chi connectivity index (χ0n) is 16.9. The number of ether oxygens (including phenoxy) is 2. The maximum atomic E-state index is 12.7.